The summed E-state index contributed by atoms with van der Waals surface area (Å²) in [5, 5.41) is 0. The Hall–Kier alpha value is -0.520. The van der Waals surface area contributed by atoms with Gasteiger partial charge >= 0.3 is 0 Å². The van der Waals surface area contributed by atoms with Gasteiger partial charge in [-0.2, -0.15) is 0 Å². The lowest BCUT2D eigenvalue weighted by molar-refractivity contribution is 0.339. The Labute approximate surface area is 138 Å². The third-order valence-electron chi connectivity index (χ3n) is 6.56. The maximum absolute atomic E-state index is 2.60. The van der Waals surface area contributed by atoms with Crippen LogP contribution in [-0.2, 0) is 0 Å². The quantitative estimate of drug-likeness (QED) is 0.503. The molecule has 0 spiro atoms. The molecular weight excluding hydrogens is 264 g/mol. The highest BCUT2D eigenvalue weighted by Crippen LogP contribution is 2.43. The first-order valence-electron chi connectivity index (χ1n) is 10.3. The first-order chi connectivity index (χ1) is 10.9. The van der Waals surface area contributed by atoms with Crippen molar-refractivity contribution in [1.29, 1.82) is 0 Å². The van der Waals surface area contributed by atoms with Crippen LogP contribution in [0.1, 0.15) is 96.8 Å². The topological polar surface area (TPSA) is 0 Å². The minimum absolute atomic E-state index is 0.893. The van der Waals surface area contributed by atoms with E-state index in [-0.39, 0.29) is 0 Å². The van der Waals surface area contributed by atoms with Crippen LogP contribution in [0.5, 0.6) is 0 Å². The van der Waals surface area contributed by atoms with E-state index in [0.29, 0.717) is 0 Å². The zero-order valence-electron chi connectivity index (χ0n) is 14.8. The summed E-state index contributed by atoms with van der Waals surface area (Å²) in [6.07, 6.45) is 25.6. The largest absolute Gasteiger partial charge is 0.0665 e. The van der Waals surface area contributed by atoms with Crippen LogP contribution in [0.15, 0.2) is 23.3 Å². The third kappa shape index (κ3) is 4.06. The highest BCUT2D eigenvalue weighted by Gasteiger charge is 2.29. The molecule has 3 aliphatic rings. The highest BCUT2D eigenvalue weighted by molar-refractivity contribution is 5.30. The van der Waals surface area contributed by atoms with Crippen LogP contribution >= 0.6 is 0 Å². The Morgan fingerprint density at radius 2 is 1.45 bits per heavy atom. The maximum Gasteiger partial charge on any atom is -0.0160 e. The number of rotatable bonds is 5. The molecule has 0 N–H and O–H groups in total. The van der Waals surface area contributed by atoms with Crippen molar-refractivity contribution in [3.05, 3.63) is 23.3 Å². The molecule has 2 saturated carbocycles. The fraction of sp³-hybridized carbons (Fsp3) is 0.818. The summed E-state index contributed by atoms with van der Waals surface area (Å²) in [5.41, 5.74) is 3.67. The average Bonchev–Trinajstić information content (AvgIpc) is 2.61. The molecule has 0 aromatic rings. The molecule has 1 atom stereocenters. The summed E-state index contributed by atoms with van der Waals surface area (Å²) < 4.78 is 0. The van der Waals surface area contributed by atoms with Gasteiger partial charge in [-0.05, 0) is 56.3 Å². The summed E-state index contributed by atoms with van der Waals surface area (Å²) in [6.45, 7) is 2.35. The second kappa shape index (κ2) is 8.37. The van der Waals surface area contributed by atoms with E-state index in [0.717, 1.165) is 17.8 Å². The molecule has 0 aliphatic heterocycles. The van der Waals surface area contributed by atoms with Crippen LogP contribution < -0.4 is 0 Å². The fourth-order valence-corrected chi connectivity index (χ4v) is 5.21. The SMILES string of the molecule is CCCCC1CC(C2CCCCC2)=CC=C1C1CCCCC1. The van der Waals surface area contributed by atoms with E-state index >= 15 is 0 Å². The molecule has 0 nitrogen and oxygen atoms in total. The molecule has 3 aliphatic carbocycles. The minimum atomic E-state index is 0.893. The molecule has 2 fully saturated rings. The van der Waals surface area contributed by atoms with Crippen molar-refractivity contribution in [2.45, 2.75) is 96.8 Å². The van der Waals surface area contributed by atoms with Gasteiger partial charge in [0.05, 0.1) is 0 Å². The fourth-order valence-electron chi connectivity index (χ4n) is 5.21. The lowest BCUT2D eigenvalue weighted by atomic mass is 9.70. The standard InChI is InChI=1S/C22H36/c1-2-3-10-21-17-20(18-11-6-4-7-12-18)15-16-22(21)19-13-8-5-9-14-19/h15-16,18-19,21H,2-14,17H2,1H3. The van der Waals surface area contributed by atoms with Gasteiger partial charge in [-0.1, -0.05) is 81.6 Å². The number of unbranched alkanes of at least 4 members (excludes halogenated alkanes) is 1. The van der Waals surface area contributed by atoms with Gasteiger partial charge in [0.15, 0.2) is 0 Å². The van der Waals surface area contributed by atoms with E-state index in [2.05, 4.69) is 19.1 Å². The van der Waals surface area contributed by atoms with Crippen LogP contribution in [0.4, 0.5) is 0 Å². The molecule has 0 bridgehead atoms. The highest BCUT2D eigenvalue weighted by atomic mass is 14.3. The van der Waals surface area contributed by atoms with Crippen molar-refractivity contribution in [2.24, 2.45) is 17.8 Å². The molecule has 3 rings (SSSR count). The number of hydrogen-bond acceptors (Lipinski definition) is 0. The van der Waals surface area contributed by atoms with E-state index in [1.807, 2.05) is 11.1 Å². The molecular formula is C22H36. The minimum Gasteiger partial charge on any atom is -0.0665 e. The lowest BCUT2D eigenvalue weighted by Gasteiger charge is -2.35. The van der Waals surface area contributed by atoms with Crippen molar-refractivity contribution >= 4 is 0 Å². The summed E-state index contributed by atoms with van der Waals surface area (Å²) in [6, 6.07) is 0. The van der Waals surface area contributed by atoms with Crippen molar-refractivity contribution in [1.82, 2.24) is 0 Å². The zero-order chi connectivity index (χ0) is 15.2. The van der Waals surface area contributed by atoms with Gasteiger partial charge in [0, 0.05) is 0 Å². The molecule has 0 radical (unpaired) electrons. The Balaban J connectivity index is 1.71. The lowest BCUT2D eigenvalue weighted by Crippen LogP contribution is -2.21. The van der Waals surface area contributed by atoms with Crippen LogP contribution in [0.25, 0.3) is 0 Å². The van der Waals surface area contributed by atoms with E-state index < -0.39 is 0 Å². The molecule has 0 heteroatoms. The maximum atomic E-state index is 2.60. The van der Waals surface area contributed by atoms with Crippen LogP contribution in [0.2, 0.25) is 0 Å². The Kier molecular flexibility index (Phi) is 6.21. The van der Waals surface area contributed by atoms with Crippen molar-refractivity contribution in [3.63, 3.8) is 0 Å². The van der Waals surface area contributed by atoms with Crippen LogP contribution in [-0.4, -0.2) is 0 Å². The molecule has 1 unspecified atom stereocenters. The average molecular weight is 301 g/mol. The predicted octanol–water partition coefficient (Wildman–Crippen LogP) is 7.21. The van der Waals surface area contributed by atoms with E-state index in [1.54, 1.807) is 0 Å². The monoisotopic (exact) mass is 300 g/mol. The van der Waals surface area contributed by atoms with Gasteiger partial charge in [-0.15, -0.1) is 0 Å². The molecule has 124 valence electrons. The zero-order valence-corrected chi connectivity index (χ0v) is 14.8. The third-order valence-corrected chi connectivity index (χ3v) is 6.56. The molecule has 0 heterocycles. The summed E-state index contributed by atoms with van der Waals surface area (Å²) in [7, 11) is 0. The molecule has 22 heavy (non-hydrogen) atoms. The van der Waals surface area contributed by atoms with E-state index in [1.165, 1.54) is 89.9 Å². The van der Waals surface area contributed by atoms with E-state index in [9.17, 15) is 0 Å². The van der Waals surface area contributed by atoms with Gasteiger partial charge < -0.3 is 0 Å². The number of allylic oxidation sites excluding steroid dienone is 4. The summed E-state index contributed by atoms with van der Waals surface area (Å²) >= 11 is 0. The van der Waals surface area contributed by atoms with Crippen molar-refractivity contribution < 1.29 is 0 Å². The molecule has 0 amide bonds. The second-order valence-electron chi connectivity index (χ2n) is 8.12. The summed E-state index contributed by atoms with van der Waals surface area (Å²) in [4.78, 5) is 0. The normalized spacial score (nSPS) is 28.3. The van der Waals surface area contributed by atoms with Gasteiger partial charge in [-0.25, -0.2) is 0 Å². The molecule has 0 aromatic heterocycles. The van der Waals surface area contributed by atoms with E-state index in [4.69, 9.17) is 0 Å². The van der Waals surface area contributed by atoms with Gasteiger partial charge in [0.1, 0.15) is 0 Å². The second-order valence-corrected chi connectivity index (χ2v) is 8.12. The van der Waals surface area contributed by atoms with Crippen LogP contribution in [0, 0.1) is 17.8 Å². The van der Waals surface area contributed by atoms with Gasteiger partial charge in [0.2, 0.25) is 0 Å². The summed E-state index contributed by atoms with van der Waals surface area (Å²) in [5.74, 6) is 2.76. The number of hydrogen-bond donors (Lipinski definition) is 0. The van der Waals surface area contributed by atoms with Crippen LogP contribution in [0.3, 0.4) is 0 Å². The van der Waals surface area contributed by atoms with Crippen molar-refractivity contribution in [3.8, 4) is 0 Å². The predicted molar refractivity (Wildman–Crippen MR) is 96.9 cm³/mol. The van der Waals surface area contributed by atoms with Gasteiger partial charge in [0.25, 0.3) is 0 Å². The van der Waals surface area contributed by atoms with Gasteiger partial charge in [-0.3, -0.25) is 0 Å². The van der Waals surface area contributed by atoms with Crippen molar-refractivity contribution in [2.75, 3.05) is 0 Å². The first kappa shape index (κ1) is 16.3. The smallest absolute Gasteiger partial charge is 0.0160 e. The molecule has 0 saturated heterocycles. The molecule has 0 aromatic carbocycles. The Bertz CT molecular complexity index is 388. The Morgan fingerprint density at radius 3 is 2.09 bits per heavy atom. The Morgan fingerprint density at radius 1 is 0.818 bits per heavy atom. The first-order valence-corrected chi connectivity index (χ1v) is 10.3.